The Morgan fingerprint density at radius 1 is 1.33 bits per heavy atom. The zero-order chi connectivity index (χ0) is 11.3. The lowest BCUT2D eigenvalue weighted by atomic mass is 10.1. The number of aryl methyl sites for hydroxylation is 2. The van der Waals surface area contributed by atoms with Crippen molar-refractivity contribution < 1.29 is 4.74 Å². The quantitative estimate of drug-likeness (QED) is 0.602. The van der Waals surface area contributed by atoms with Crippen molar-refractivity contribution in [2.45, 2.75) is 20.4 Å². The van der Waals surface area contributed by atoms with E-state index in [1.807, 2.05) is 13.8 Å². The van der Waals surface area contributed by atoms with E-state index >= 15 is 0 Å². The van der Waals surface area contributed by atoms with Gasteiger partial charge in [-0.2, -0.15) is 5.26 Å². The fourth-order valence-corrected chi connectivity index (χ4v) is 1.73. The third-order valence-corrected chi connectivity index (χ3v) is 2.26. The molecule has 80 valence electrons. The molecule has 0 amide bonds. The Morgan fingerprint density at radius 3 is 2.40 bits per heavy atom. The lowest BCUT2D eigenvalue weighted by Gasteiger charge is -2.11. The predicted octanol–water partition coefficient (Wildman–Crippen LogP) is 1.93. The van der Waals surface area contributed by atoms with Crippen LogP contribution in [0.25, 0.3) is 0 Å². The van der Waals surface area contributed by atoms with Crippen LogP contribution in [0.5, 0.6) is 5.75 Å². The highest BCUT2D eigenvalue weighted by Crippen LogP contribution is 2.24. The van der Waals surface area contributed by atoms with Crippen molar-refractivity contribution in [1.29, 1.82) is 5.26 Å². The van der Waals surface area contributed by atoms with Crippen molar-refractivity contribution in [3.05, 3.63) is 28.8 Å². The molecule has 0 aromatic heterocycles. The van der Waals surface area contributed by atoms with Crippen LogP contribution >= 0.6 is 0 Å². The summed E-state index contributed by atoms with van der Waals surface area (Å²) in [6.07, 6.45) is 0. The first-order valence-electron chi connectivity index (χ1n) is 4.90. The van der Waals surface area contributed by atoms with Crippen LogP contribution < -0.4 is 10.1 Å². The fraction of sp³-hybridized carbons (Fsp3) is 0.417. The molecule has 1 aromatic carbocycles. The van der Waals surface area contributed by atoms with Crippen molar-refractivity contribution in [2.24, 2.45) is 0 Å². The fourth-order valence-electron chi connectivity index (χ4n) is 1.73. The van der Waals surface area contributed by atoms with E-state index in [0.717, 1.165) is 23.4 Å². The molecular formula is C12H16N2O. The van der Waals surface area contributed by atoms with Crippen molar-refractivity contribution in [3.8, 4) is 11.8 Å². The maximum atomic E-state index is 8.40. The summed E-state index contributed by atoms with van der Waals surface area (Å²) in [5.41, 5.74) is 3.44. The highest BCUT2D eigenvalue weighted by molar-refractivity contribution is 5.43. The van der Waals surface area contributed by atoms with Gasteiger partial charge in [0.2, 0.25) is 0 Å². The Labute approximate surface area is 90.7 Å². The second-order valence-electron chi connectivity index (χ2n) is 3.52. The molecule has 0 aliphatic carbocycles. The molecule has 0 saturated heterocycles. The predicted molar refractivity (Wildman–Crippen MR) is 59.8 cm³/mol. The molecule has 1 rings (SSSR count). The lowest BCUT2D eigenvalue weighted by Crippen LogP contribution is -2.13. The van der Waals surface area contributed by atoms with Gasteiger partial charge < -0.3 is 10.1 Å². The summed E-state index contributed by atoms with van der Waals surface area (Å²) in [4.78, 5) is 0. The highest BCUT2D eigenvalue weighted by Gasteiger charge is 2.04. The van der Waals surface area contributed by atoms with Gasteiger partial charge in [-0.15, -0.1) is 0 Å². The summed E-state index contributed by atoms with van der Waals surface area (Å²) in [6.45, 7) is 5.16. The molecule has 1 aromatic rings. The van der Waals surface area contributed by atoms with Gasteiger partial charge in [0.15, 0.2) is 0 Å². The van der Waals surface area contributed by atoms with Crippen molar-refractivity contribution in [2.75, 3.05) is 13.7 Å². The maximum Gasteiger partial charge on any atom is 0.124 e. The van der Waals surface area contributed by atoms with Crippen molar-refractivity contribution >= 4 is 0 Å². The summed E-state index contributed by atoms with van der Waals surface area (Å²) in [6, 6.07) is 6.21. The van der Waals surface area contributed by atoms with Gasteiger partial charge in [0.1, 0.15) is 5.75 Å². The Bertz CT molecular complexity index is 357. The number of methoxy groups -OCH3 is 1. The van der Waals surface area contributed by atoms with E-state index in [-0.39, 0.29) is 0 Å². The maximum absolute atomic E-state index is 8.40. The van der Waals surface area contributed by atoms with Crippen molar-refractivity contribution in [1.82, 2.24) is 5.32 Å². The van der Waals surface area contributed by atoms with Crippen molar-refractivity contribution in [3.63, 3.8) is 0 Å². The van der Waals surface area contributed by atoms with Gasteiger partial charge in [0.25, 0.3) is 0 Å². The number of ether oxygens (including phenoxy) is 1. The average molecular weight is 204 g/mol. The second-order valence-corrected chi connectivity index (χ2v) is 3.52. The molecular weight excluding hydrogens is 188 g/mol. The number of nitriles is 1. The van der Waals surface area contributed by atoms with Crippen LogP contribution in [0, 0.1) is 25.2 Å². The van der Waals surface area contributed by atoms with Crippen LogP contribution in [0.3, 0.4) is 0 Å². The topological polar surface area (TPSA) is 45.0 Å². The Morgan fingerprint density at radius 2 is 1.93 bits per heavy atom. The monoisotopic (exact) mass is 204 g/mol. The standard InChI is InChI=1S/C12H16N2O/c1-9-6-11(8-14-5-4-13)7-10(2)12(9)15-3/h6-7,14H,5,8H2,1-3H3. The van der Waals surface area contributed by atoms with E-state index in [1.54, 1.807) is 7.11 Å². The summed E-state index contributed by atoms with van der Waals surface area (Å²) in [5, 5.41) is 11.4. The summed E-state index contributed by atoms with van der Waals surface area (Å²) in [5.74, 6) is 0.944. The molecule has 3 nitrogen and oxygen atoms in total. The SMILES string of the molecule is COc1c(C)cc(CNCC#N)cc1C. The van der Waals surface area contributed by atoms with Gasteiger partial charge in [-0.1, -0.05) is 12.1 Å². The van der Waals surface area contributed by atoms with Gasteiger partial charge in [0.05, 0.1) is 19.7 Å². The Kier molecular flexibility index (Phi) is 4.14. The number of hydrogen-bond donors (Lipinski definition) is 1. The molecule has 0 heterocycles. The first kappa shape index (κ1) is 11.5. The van der Waals surface area contributed by atoms with Crippen LogP contribution in [0.2, 0.25) is 0 Å². The average Bonchev–Trinajstić information content (AvgIpc) is 2.18. The minimum absolute atomic E-state index is 0.379. The number of hydrogen-bond acceptors (Lipinski definition) is 3. The molecule has 0 spiro atoms. The van der Waals surface area contributed by atoms with E-state index in [9.17, 15) is 0 Å². The van der Waals surface area contributed by atoms with Gasteiger partial charge in [-0.05, 0) is 30.5 Å². The van der Waals surface area contributed by atoms with Crippen LogP contribution in [0.15, 0.2) is 12.1 Å². The summed E-state index contributed by atoms with van der Waals surface area (Å²) in [7, 11) is 1.68. The smallest absolute Gasteiger partial charge is 0.124 e. The third-order valence-electron chi connectivity index (χ3n) is 2.26. The number of nitrogens with one attached hydrogen (secondary N) is 1. The molecule has 0 aliphatic heterocycles. The number of nitrogens with zero attached hydrogens (tertiary/aromatic N) is 1. The molecule has 0 radical (unpaired) electrons. The minimum Gasteiger partial charge on any atom is -0.496 e. The van der Waals surface area contributed by atoms with Crippen LogP contribution in [0.1, 0.15) is 16.7 Å². The minimum atomic E-state index is 0.379. The first-order chi connectivity index (χ1) is 7.19. The van der Waals surface area contributed by atoms with E-state index in [0.29, 0.717) is 6.54 Å². The Balaban J connectivity index is 2.80. The van der Waals surface area contributed by atoms with Gasteiger partial charge in [-0.3, -0.25) is 0 Å². The van der Waals surface area contributed by atoms with E-state index in [1.165, 1.54) is 5.56 Å². The number of benzene rings is 1. The zero-order valence-electron chi connectivity index (χ0n) is 9.42. The van der Waals surface area contributed by atoms with Gasteiger partial charge >= 0.3 is 0 Å². The normalized spacial score (nSPS) is 9.73. The third kappa shape index (κ3) is 2.97. The van der Waals surface area contributed by atoms with Gasteiger partial charge in [0, 0.05) is 6.54 Å². The van der Waals surface area contributed by atoms with E-state index < -0.39 is 0 Å². The van der Waals surface area contributed by atoms with Crippen LogP contribution in [-0.4, -0.2) is 13.7 Å². The van der Waals surface area contributed by atoms with E-state index in [4.69, 9.17) is 10.00 Å². The second kappa shape index (κ2) is 5.38. The summed E-state index contributed by atoms with van der Waals surface area (Å²) >= 11 is 0. The number of rotatable bonds is 4. The van der Waals surface area contributed by atoms with E-state index in [2.05, 4.69) is 23.5 Å². The highest BCUT2D eigenvalue weighted by atomic mass is 16.5. The van der Waals surface area contributed by atoms with Crippen LogP contribution in [0.4, 0.5) is 0 Å². The first-order valence-corrected chi connectivity index (χ1v) is 4.90. The molecule has 0 unspecified atom stereocenters. The molecule has 0 saturated carbocycles. The molecule has 1 N–H and O–H groups in total. The summed E-state index contributed by atoms with van der Waals surface area (Å²) < 4.78 is 5.28. The molecule has 15 heavy (non-hydrogen) atoms. The molecule has 0 bridgehead atoms. The molecule has 0 atom stereocenters. The lowest BCUT2D eigenvalue weighted by molar-refractivity contribution is 0.408. The largest absolute Gasteiger partial charge is 0.496 e. The molecule has 0 fully saturated rings. The van der Waals surface area contributed by atoms with Gasteiger partial charge in [-0.25, -0.2) is 0 Å². The van der Waals surface area contributed by atoms with Crippen LogP contribution in [-0.2, 0) is 6.54 Å². The molecule has 0 aliphatic rings. The zero-order valence-corrected chi connectivity index (χ0v) is 9.42. The Hall–Kier alpha value is -1.53. The molecule has 3 heteroatoms.